The molecular weight excluding hydrogens is 921 g/mol. The van der Waals surface area contributed by atoms with Gasteiger partial charge in [0.25, 0.3) is 5.91 Å². The summed E-state index contributed by atoms with van der Waals surface area (Å²) in [6, 6.07) is 11.1. The van der Waals surface area contributed by atoms with Crippen molar-refractivity contribution in [1.82, 2.24) is 30.0 Å². The highest BCUT2D eigenvalue weighted by molar-refractivity contribution is 7.92. The number of imide groups is 1. The Morgan fingerprint density at radius 3 is 2.40 bits per heavy atom. The van der Waals surface area contributed by atoms with Crippen molar-refractivity contribution in [2.24, 2.45) is 0 Å². The molecule has 5 heterocycles. The van der Waals surface area contributed by atoms with Gasteiger partial charge in [-0.25, -0.2) is 17.8 Å². The molecule has 3 saturated heterocycles. The van der Waals surface area contributed by atoms with Crippen molar-refractivity contribution in [3.8, 4) is 11.5 Å². The topological polar surface area (TPSA) is 211 Å². The summed E-state index contributed by atoms with van der Waals surface area (Å²) in [5.74, 6) is -0.569. The molecule has 4 aromatic rings. The van der Waals surface area contributed by atoms with Crippen LogP contribution in [0.4, 0.5) is 44.6 Å². The van der Waals surface area contributed by atoms with Gasteiger partial charge < -0.3 is 40.1 Å². The maximum atomic E-state index is 15.2. The molecule has 0 saturated carbocycles. The van der Waals surface area contributed by atoms with Gasteiger partial charge in [-0.2, -0.15) is 4.98 Å². The Morgan fingerprint density at radius 2 is 1.72 bits per heavy atom. The van der Waals surface area contributed by atoms with Crippen LogP contribution in [0.25, 0.3) is 0 Å². The quantitative estimate of drug-likeness (QED) is 0.119. The van der Waals surface area contributed by atoms with Crippen LogP contribution in [0, 0.1) is 5.82 Å². The third kappa shape index (κ3) is 10.0. The molecule has 0 radical (unpaired) electrons. The molecule has 4 aliphatic heterocycles. The summed E-state index contributed by atoms with van der Waals surface area (Å²) < 4.78 is 52.5. The van der Waals surface area contributed by atoms with Gasteiger partial charge in [-0.3, -0.25) is 33.7 Å². The number of methoxy groups -OCH3 is 2. The Kier molecular flexibility index (Phi) is 14.1. The van der Waals surface area contributed by atoms with Crippen LogP contribution in [0.5, 0.6) is 11.5 Å². The first-order valence-corrected chi connectivity index (χ1v) is 24.7. The number of hydrogen-bond donors (Lipinski definition) is 4. The average molecular weight is 977 g/mol. The van der Waals surface area contributed by atoms with E-state index in [9.17, 15) is 27.6 Å². The first-order valence-electron chi connectivity index (χ1n) is 22.4. The number of sulfonamides is 1. The second-order valence-corrected chi connectivity index (χ2v) is 19.5. The highest BCUT2D eigenvalue weighted by Gasteiger charge is 2.41. The Balaban J connectivity index is 0.857. The number of aryl methyl sites for hydroxylation is 1. The number of piperazine rings is 1. The minimum Gasteiger partial charge on any atom is -0.497 e. The van der Waals surface area contributed by atoms with E-state index >= 15 is 4.39 Å². The zero-order valence-electron chi connectivity index (χ0n) is 38.5. The van der Waals surface area contributed by atoms with E-state index in [0.717, 1.165) is 54.2 Å². The van der Waals surface area contributed by atoms with E-state index in [0.29, 0.717) is 66.3 Å². The molecule has 4 aliphatic rings. The van der Waals surface area contributed by atoms with E-state index in [1.165, 1.54) is 37.4 Å². The monoisotopic (exact) mass is 975 g/mol. The fourth-order valence-corrected chi connectivity index (χ4v) is 9.94. The van der Waals surface area contributed by atoms with Crippen molar-refractivity contribution in [3.63, 3.8) is 0 Å². The standard InChI is InChI=1S/C46H55ClFN11O8S/c1-6-27-21-35(52-46-50-24-32(47)43(54-46)51-34-10-7-29(66-3)22-38(34)55(2)68(5,64)65)39(67-4)23-37(27)57-15-13-28(14-16-57)56-17-19-58(20-18-56)41(61)25-49-42-31-26-59(36-11-12-40(60)53-44(36)62)45(63)30(31)8-9-33(42)48/h7-10,21-24,28,36,49H,6,11-20,25-26H2,1-5H3,(H,53,60,62)(H2,50,51,52,54). The predicted octanol–water partition coefficient (Wildman–Crippen LogP) is 4.72. The van der Waals surface area contributed by atoms with E-state index < -0.39 is 33.7 Å². The first kappa shape index (κ1) is 48.0. The van der Waals surface area contributed by atoms with Crippen molar-refractivity contribution in [2.45, 2.75) is 57.7 Å². The number of anilines is 7. The van der Waals surface area contributed by atoms with E-state index in [4.69, 9.17) is 21.1 Å². The van der Waals surface area contributed by atoms with Crippen molar-refractivity contribution in [2.75, 3.05) is 98.5 Å². The number of fused-ring (bicyclic) bond motifs is 1. The molecule has 1 aromatic heterocycles. The molecule has 68 heavy (non-hydrogen) atoms. The molecule has 19 nitrogen and oxygen atoms in total. The third-order valence-electron chi connectivity index (χ3n) is 13.1. The van der Waals surface area contributed by atoms with E-state index in [1.54, 1.807) is 30.2 Å². The maximum Gasteiger partial charge on any atom is 0.255 e. The van der Waals surface area contributed by atoms with Gasteiger partial charge in [0.15, 0.2) is 5.82 Å². The molecule has 362 valence electrons. The van der Waals surface area contributed by atoms with Gasteiger partial charge in [0.05, 0.1) is 56.0 Å². The lowest BCUT2D eigenvalue weighted by atomic mass is 9.99. The number of halogens is 2. The minimum absolute atomic E-state index is 0.00704. The largest absolute Gasteiger partial charge is 0.497 e. The molecule has 0 bridgehead atoms. The van der Waals surface area contributed by atoms with Crippen molar-refractivity contribution in [3.05, 3.63) is 76.2 Å². The van der Waals surface area contributed by atoms with Crippen LogP contribution in [-0.4, -0.2) is 142 Å². The van der Waals surface area contributed by atoms with Gasteiger partial charge in [0.2, 0.25) is 33.7 Å². The van der Waals surface area contributed by atoms with Crippen LogP contribution in [0.3, 0.4) is 0 Å². The van der Waals surface area contributed by atoms with Crippen molar-refractivity contribution >= 4 is 85.5 Å². The Morgan fingerprint density at radius 1 is 0.971 bits per heavy atom. The zero-order valence-corrected chi connectivity index (χ0v) is 40.1. The fraction of sp³-hybridized carbons (Fsp3) is 0.435. The molecule has 4 N–H and O–H groups in total. The average Bonchev–Trinajstić information content (AvgIpc) is 3.66. The Labute approximate surface area is 399 Å². The van der Waals surface area contributed by atoms with Gasteiger partial charge >= 0.3 is 0 Å². The summed E-state index contributed by atoms with van der Waals surface area (Å²) in [4.78, 5) is 67.9. The van der Waals surface area contributed by atoms with Gasteiger partial charge in [-0.15, -0.1) is 0 Å². The Bertz CT molecular complexity index is 2730. The summed E-state index contributed by atoms with van der Waals surface area (Å²) >= 11 is 6.54. The molecule has 3 aromatic carbocycles. The maximum absolute atomic E-state index is 15.2. The van der Waals surface area contributed by atoms with Crippen LogP contribution < -0.4 is 39.9 Å². The summed E-state index contributed by atoms with van der Waals surface area (Å²) in [5, 5.41) is 11.9. The molecule has 3 fully saturated rings. The number of carbonyl (C=O) groups excluding carboxylic acids is 4. The number of amides is 4. The van der Waals surface area contributed by atoms with Gasteiger partial charge in [-0.1, -0.05) is 18.5 Å². The van der Waals surface area contributed by atoms with E-state index in [-0.39, 0.29) is 65.8 Å². The molecule has 4 amide bonds. The molecule has 1 atom stereocenters. The SMILES string of the molecule is CCc1cc(Nc2ncc(Cl)c(Nc3ccc(OC)cc3N(C)S(C)(=O)=O)n2)c(OC)cc1N1CCC(N2CCN(C(=O)CNc3c(F)ccc4c3CN(C3CCC(=O)NC3=O)C4=O)CC2)CC1. The normalized spacial score (nSPS) is 18.0. The van der Waals surface area contributed by atoms with Crippen LogP contribution >= 0.6 is 11.6 Å². The molecule has 1 unspecified atom stereocenters. The molecule has 22 heteroatoms. The molecular formula is C46H55ClFN11O8S. The highest BCUT2D eigenvalue weighted by atomic mass is 35.5. The number of piperidine rings is 2. The van der Waals surface area contributed by atoms with Gasteiger partial charge in [0.1, 0.15) is 28.4 Å². The number of aromatic nitrogens is 2. The number of nitrogens with one attached hydrogen (secondary N) is 4. The van der Waals surface area contributed by atoms with E-state index in [1.807, 2.05) is 12.1 Å². The van der Waals surface area contributed by atoms with E-state index in [2.05, 4.69) is 48.0 Å². The summed E-state index contributed by atoms with van der Waals surface area (Å²) in [7, 11) is 0.938. The highest BCUT2D eigenvalue weighted by Crippen LogP contribution is 2.39. The van der Waals surface area contributed by atoms with Gasteiger partial charge in [-0.05, 0) is 61.6 Å². The van der Waals surface area contributed by atoms with Gasteiger partial charge in [0, 0.05) is 94.3 Å². The molecule has 0 aliphatic carbocycles. The van der Waals surface area contributed by atoms with Crippen LogP contribution in [0.1, 0.15) is 54.1 Å². The van der Waals surface area contributed by atoms with Crippen LogP contribution in [0.2, 0.25) is 5.02 Å². The first-order chi connectivity index (χ1) is 32.6. The second kappa shape index (κ2) is 20.0. The lowest BCUT2D eigenvalue weighted by Gasteiger charge is -2.43. The summed E-state index contributed by atoms with van der Waals surface area (Å²) in [6.45, 7) is 6.06. The number of rotatable bonds is 15. The third-order valence-corrected chi connectivity index (χ3v) is 14.6. The van der Waals surface area contributed by atoms with Crippen LogP contribution in [0.15, 0.2) is 48.7 Å². The van der Waals surface area contributed by atoms with Crippen molar-refractivity contribution in [1.29, 1.82) is 0 Å². The minimum atomic E-state index is -3.61. The van der Waals surface area contributed by atoms with Crippen LogP contribution in [-0.2, 0) is 37.4 Å². The zero-order chi connectivity index (χ0) is 48.4. The smallest absolute Gasteiger partial charge is 0.255 e. The Hall–Kier alpha value is -6.45. The lowest BCUT2D eigenvalue weighted by molar-refractivity contribution is -0.137. The predicted molar refractivity (Wildman–Crippen MR) is 257 cm³/mol. The number of hydrogen-bond acceptors (Lipinski definition) is 15. The number of benzene rings is 3. The fourth-order valence-electron chi connectivity index (χ4n) is 9.29. The molecule has 0 spiro atoms. The number of nitrogens with zero attached hydrogens (tertiary/aromatic N) is 7. The number of carbonyl (C=O) groups is 4. The summed E-state index contributed by atoms with van der Waals surface area (Å²) in [6.07, 6.45) is 5.47. The van der Waals surface area contributed by atoms with Crippen molar-refractivity contribution < 1.29 is 41.5 Å². The second-order valence-electron chi connectivity index (χ2n) is 17.1. The lowest BCUT2D eigenvalue weighted by Crippen LogP contribution is -2.55. The summed E-state index contributed by atoms with van der Waals surface area (Å²) in [5.41, 5.74) is 4.33. The molecule has 8 rings (SSSR count). The number of ether oxygens (including phenoxy) is 2.